The number of methoxy groups -OCH3 is 1. The smallest absolute Gasteiger partial charge is 0.266 e. The maximum atomic E-state index is 13.4. The van der Waals surface area contributed by atoms with E-state index in [4.69, 9.17) is 4.74 Å². The summed E-state index contributed by atoms with van der Waals surface area (Å²) in [5.74, 6) is -0.447. The summed E-state index contributed by atoms with van der Waals surface area (Å²) in [4.78, 5) is 38.6. The molecule has 178 valence electrons. The average molecular weight is 473 g/mol. The van der Waals surface area contributed by atoms with Crippen molar-refractivity contribution in [2.45, 2.75) is 31.6 Å². The Hall–Kier alpha value is -4.40. The molecule has 0 unspecified atom stereocenters. The summed E-state index contributed by atoms with van der Waals surface area (Å²) in [6.45, 7) is 0. The molecule has 2 heterocycles. The lowest BCUT2D eigenvalue weighted by atomic mass is 9.77. The highest BCUT2D eigenvalue weighted by atomic mass is 16.5. The molecule has 0 saturated heterocycles. The average Bonchev–Trinajstić information content (AvgIpc) is 2.86. The number of aromatic amines is 1. The van der Waals surface area contributed by atoms with Gasteiger partial charge in [0, 0.05) is 36.0 Å². The monoisotopic (exact) mass is 472 g/mol. The van der Waals surface area contributed by atoms with Crippen molar-refractivity contribution in [2.75, 3.05) is 12.5 Å². The van der Waals surface area contributed by atoms with Crippen LogP contribution in [0.1, 0.15) is 37.2 Å². The normalized spacial score (nSPS) is 17.9. The molecule has 1 aliphatic heterocycles. The van der Waals surface area contributed by atoms with Crippen LogP contribution in [0.15, 0.2) is 70.7 Å². The van der Waals surface area contributed by atoms with E-state index >= 15 is 0 Å². The van der Waals surface area contributed by atoms with Crippen molar-refractivity contribution in [1.29, 1.82) is 0 Å². The standard InChI is InChI=1S/C26H24N4O5/c1-35-22-12-16(10-11-20(22)31)17-13-24(34)30(19-8-5-9-21(32)25(17)19)29-18-14-23(33)27-28-26(18)15-6-3-2-4-7-15/h2-4,6-7,10-12,14,17,31H,5,8-9,13H2,1H3,(H2,27,29,33)/t17-/m0/s1. The lowest BCUT2D eigenvalue weighted by molar-refractivity contribution is -0.130. The number of aromatic nitrogens is 2. The SMILES string of the molecule is COc1cc([C@@H]2CC(=O)N(Nc3cc(=O)[nH]nc3-c3ccccc3)C3=C2C(=O)CCC3)ccc1O. The van der Waals surface area contributed by atoms with Crippen molar-refractivity contribution in [3.05, 3.63) is 81.8 Å². The maximum absolute atomic E-state index is 13.4. The predicted molar refractivity (Wildman–Crippen MR) is 129 cm³/mol. The number of hydrogen-bond donors (Lipinski definition) is 3. The first kappa shape index (κ1) is 22.4. The number of aromatic hydroxyl groups is 1. The van der Waals surface area contributed by atoms with Crippen LogP contribution in [0.3, 0.4) is 0 Å². The summed E-state index contributed by atoms with van der Waals surface area (Å²) in [7, 11) is 1.45. The van der Waals surface area contributed by atoms with Gasteiger partial charge in [-0.1, -0.05) is 36.4 Å². The molecule has 9 nitrogen and oxygen atoms in total. The Morgan fingerprint density at radius 2 is 1.89 bits per heavy atom. The summed E-state index contributed by atoms with van der Waals surface area (Å²) >= 11 is 0. The van der Waals surface area contributed by atoms with E-state index in [0.717, 1.165) is 11.1 Å². The second-order valence-corrected chi connectivity index (χ2v) is 8.53. The lowest BCUT2D eigenvalue weighted by Gasteiger charge is -2.38. The summed E-state index contributed by atoms with van der Waals surface area (Å²) in [5.41, 5.74) is 6.15. The number of amides is 1. The summed E-state index contributed by atoms with van der Waals surface area (Å²) in [6.07, 6.45) is 1.59. The molecule has 9 heteroatoms. The molecule has 35 heavy (non-hydrogen) atoms. The van der Waals surface area contributed by atoms with Crippen molar-refractivity contribution >= 4 is 17.4 Å². The Morgan fingerprint density at radius 1 is 1.09 bits per heavy atom. The van der Waals surface area contributed by atoms with Crippen LogP contribution in [-0.2, 0) is 9.59 Å². The van der Waals surface area contributed by atoms with E-state index in [1.165, 1.54) is 24.3 Å². The van der Waals surface area contributed by atoms with E-state index in [9.17, 15) is 19.5 Å². The third-order valence-corrected chi connectivity index (χ3v) is 6.37. The van der Waals surface area contributed by atoms with Gasteiger partial charge in [0.15, 0.2) is 17.3 Å². The second kappa shape index (κ2) is 9.09. The number of carbonyl (C=O) groups excluding carboxylic acids is 2. The van der Waals surface area contributed by atoms with Crippen LogP contribution in [-0.4, -0.2) is 39.1 Å². The van der Waals surface area contributed by atoms with E-state index in [-0.39, 0.29) is 29.6 Å². The zero-order valence-corrected chi connectivity index (χ0v) is 19.1. The number of nitrogens with one attached hydrogen (secondary N) is 2. The lowest BCUT2D eigenvalue weighted by Crippen LogP contribution is -2.43. The van der Waals surface area contributed by atoms with Gasteiger partial charge in [-0.3, -0.25) is 19.8 Å². The highest BCUT2D eigenvalue weighted by Crippen LogP contribution is 2.43. The first-order valence-electron chi connectivity index (χ1n) is 11.3. The number of ketones is 1. The van der Waals surface area contributed by atoms with Gasteiger partial charge in [0.1, 0.15) is 5.69 Å². The summed E-state index contributed by atoms with van der Waals surface area (Å²) < 4.78 is 5.23. The van der Waals surface area contributed by atoms with Crippen molar-refractivity contribution < 1.29 is 19.4 Å². The Kier molecular flexibility index (Phi) is 5.82. The molecule has 0 bridgehead atoms. The number of nitrogens with zero attached hydrogens (tertiary/aromatic N) is 2. The highest BCUT2D eigenvalue weighted by molar-refractivity contribution is 6.01. The topological polar surface area (TPSA) is 125 Å². The van der Waals surface area contributed by atoms with Crippen LogP contribution in [0.2, 0.25) is 0 Å². The minimum absolute atomic E-state index is 0.0129. The van der Waals surface area contributed by atoms with E-state index in [2.05, 4.69) is 15.6 Å². The number of phenolic OH excluding ortho intramolecular Hbond substituents is 1. The molecule has 5 rings (SSSR count). The van der Waals surface area contributed by atoms with Crippen LogP contribution in [0.25, 0.3) is 11.3 Å². The fourth-order valence-corrected chi connectivity index (χ4v) is 4.74. The number of carbonyl (C=O) groups is 2. The predicted octanol–water partition coefficient (Wildman–Crippen LogP) is 3.50. The minimum Gasteiger partial charge on any atom is -0.504 e. The Bertz CT molecular complexity index is 1400. The number of rotatable bonds is 5. The molecule has 0 spiro atoms. The zero-order chi connectivity index (χ0) is 24.5. The Labute approximate surface area is 201 Å². The molecule has 1 aliphatic carbocycles. The van der Waals surface area contributed by atoms with Gasteiger partial charge in [-0.05, 0) is 30.5 Å². The number of H-pyrrole nitrogens is 1. The number of anilines is 1. The van der Waals surface area contributed by atoms with Crippen LogP contribution in [0, 0.1) is 0 Å². The number of hydrogen-bond acceptors (Lipinski definition) is 7. The van der Waals surface area contributed by atoms with Crippen molar-refractivity contribution in [2.24, 2.45) is 0 Å². The van der Waals surface area contributed by atoms with Crippen LogP contribution in [0.4, 0.5) is 5.69 Å². The van der Waals surface area contributed by atoms with Crippen molar-refractivity contribution in [3.8, 4) is 22.8 Å². The molecule has 1 aromatic heterocycles. The molecule has 2 aliphatic rings. The molecule has 1 amide bonds. The van der Waals surface area contributed by atoms with Gasteiger partial charge in [-0.15, -0.1) is 0 Å². The Morgan fingerprint density at radius 3 is 2.66 bits per heavy atom. The number of hydrazine groups is 1. The quantitative estimate of drug-likeness (QED) is 0.519. The van der Waals surface area contributed by atoms with Crippen molar-refractivity contribution in [3.63, 3.8) is 0 Å². The van der Waals surface area contributed by atoms with Gasteiger partial charge < -0.3 is 9.84 Å². The van der Waals surface area contributed by atoms with Gasteiger partial charge in [0.2, 0.25) is 5.91 Å². The van der Waals surface area contributed by atoms with Crippen LogP contribution in [0.5, 0.6) is 11.5 Å². The van der Waals surface area contributed by atoms with E-state index in [0.29, 0.717) is 41.9 Å². The molecule has 2 aromatic carbocycles. The summed E-state index contributed by atoms with van der Waals surface area (Å²) in [5, 5.41) is 18.0. The number of Topliss-reactive ketones (excluding diaryl/α,β-unsaturated/α-hetero) is 1. The van der Waals surface area contributed by atoms with Gasteiger partial charge in [-0.2, -0.15) is 5.10 Å². The molecule has 0 radical (unpaired) electrons. The van der Waals surface area contributed by atoms with Crippen molar-refractivity contribution in [1.82, 2.24) is 15.2 Å². The fraction of sp³-hybridized carbons (Fsp3) is 0.231. The minimum atomic E-state index is -0.455. The fourth-order valence-electron chi connectivity index (χ4n) is 4.74. The Balaban J connectivity index is 1.58. The van der Waals surface area contributed by atoms with Gasteiger partial charge in [0.25, 0.3) is 5.56 Å². The van der Waals surface area contributed by atoms with E-state index < -0.39 is 11.5 Å². The molecule has 3 aromatic rings. The van der Waals surface area contributed by atoms with E-state index in [1.54, 1.807) is 12.1 Å². The van der Waals surface area contributed by atoms with Crippen LogP contribution < -0.4 is 15.7 Å². The molecule has 3 N–H and O–H groups in total. The zero-order valence-electron chi connectivity index (χ0n) is 19.1. The first-order chi connectivity index (χ1) is 17.0. The third-order valence-electron chi connectivity index (χ3n) is 6.37. The largest absolute Gasteiger partial charge is 0.504 e. The van der Waals surface area contributed by atoms with Gasteiger partial charge in [-0.25, -0.2) is 10.1 Å². The third kappa shape index (κ3) is 4.16. The number of ether oxygens (including phenoxy) is 1. The number of phenols is 1. The number of allylic oxidation sites excluding steroid dienone is 2. The maximum Gasteiger partial charge on any atom is 0.266 e. The molecule has 0 saturated carbocycles. The highest BCUT2D eigenvalue weighted by Gasteiger charge is 2.40. The second-order valence-electron chi connectivity index (χ2n) is 8.53. The molecule has 1 atom stereocenters. The van der Waals surface area contributed by atoms with E-state index in [1.807, 2.05) is 30.3 Å². The van der Waals surface area contributed by atoms with Gasteiger partial charge >= 0.3 is 0 Å². The first-order valence-corrected chi connectivity index (χ1v) is 11.3. The molecular formula is C26H24N4O5. The molecule has 0 fully saturated rings. The summed E-state index contributed by atoms with van der Waals surface area (Å²) in [6, 6.07) is 15.5. The van der Waals surface area contributed by atoms with Crippen LogP contribution >= 0.6 is 0 Å². The number of benzene rings is 2. The van der Waals surface area contributed by atoms with Gasteiger partial charge in [0.05, 0.1) is 18.5 Å². The molecular weight excluding hydrogens is 448 g/mol.